The summed E-state index contributed by atoms with van der Waals surface area (Å²) in [5, 5.41) is 0. The van der Waals surface area contributed by atoms with Gasteiger partial charge in [-0.05, 0) is 42.5 Å². The molecule has 4 rings (SSSR count). The summed E-state index contributed by atoms with van der Waals surface area (Å²) in [5.41, 5.74) is 3.17. The number of aromatic nitrogens is 1. The molecule has 0 unspecified atom stereocenters. The van der Waals surface area contributed by atoms with E-state index in [1.807, 2.05) is 29.2 Å². The van der Waals surface area contributed by atoms with Crippen LogP contribution in [0.4, 0.5) is 5.82 Å². The van der Waals surface area contributed by atoms with Gasteiger partial charge < -0.3 is 9.80 Å². The van der Waals surface area contributed by atoms with Crippen LogP contribution in [0, 0.1) is 0 Å². The van der Waals surface area contributed by atoms with Gasteiger partial charge in [-0.2, -0.15) is 0 Å². The van der Waals surface area contributed by atoms with Crippen LogP contribution in [0.25, 0.3) is 0 Å². The van der Waals surface area contributed by atoms with Crippen molar-refractivity contribution < 1.29 is 4.79 Å². The van der Waals surface area contributed by atoms with Crippen molar-refractivity contribution in [3.63, 3.8) is 0 Å². The highest BCUT2D eigenvalue weighted by molar-refractivity contribution is 5.92. The van der Waals surface area contributed by atoms with Gasteiger partial charge in [0.25, 0.3) is 5.91 Å². The number of hydrogen-bond acceptors (Lipinski definition) is 3. The van der Waals surface area contributed by atoms with E-state index in [-0.39, 0.29) is 5.91 Å². The van der Waals surface area contributed by atoms with E-state index in [1.165, 1.54) is 24.0 Å². The molecule has 0 N–H and O–H groups in total. The van der Waals surface area contributed by atoms with Crippen LogP contribution < -0.4 is 4.90 Å². The molecule has 0 aliphatic carbocycles. The lowest BCUT2D eigenvalue weighted by Gasteiger charge is -2.29. The Labute approximate surface area is 136 Å². The largest absolute Gasteiger partial charge is 0.357 e. The van der Waals surface area contributed by atoms with Crippen molar-refractivity contribution >= 4 is 11.7 Å². The minimum absolute atomic E-state index is 0.0422. The molecule has 0 saturated carbocycles. The molecule has 0 bridgehead atoms. The molecule has 3 heterocycles. The molecule has 4 nitrogen and oxygen atoms in total. The highest BCUT2D eigenvalue weighted by Gasteiger charge is 2.23. The van der Waals surface area contributed by atoms with E-state index >= 15 is 0 Å². The first kappa shape index (κ1) is 14.2. The Morgan fingerprint density at radius 1 is 0.913 bits per heavy atom. The fourth-order valence-electron chi connectivity index (χ4n) is 3.50. The van der Waals surface area contributed by atoms with Crippen molar-refractivity contribution in [2.75, 3.05) is 24.5 Å². The minimum atomic E-state index is 0.0422. The molecule has 1 fully saturated rings. The molecule has 0 atom stereocenters. The van der Waals surface area contributed by atoms with Gasteiger partial charge in [0.2, 0.25) is 0 Å². The van der Waals surface area contributed by atoms with Gasteiger partial charge in [0.05, 0.1) is 0 Å². The maximum Gasteiger partial charge on any atom is 0.272 e. The number of rotatable bonds is 2. The summed E-state index contributed by atoms with van der Waals surface area (Å²) in [6.45, 7) is 3.54. The number of carbonyl (C=O) groups is 1. The number of carbonyl (C=O) groups excluding carboxylic acids is 1. The third-order valence-corrected chi connectivity index (χ3v) is 4.80. The first-order valence-corrected chi connectivity index (χ1v) is 8.39. The Morgan fingerprint density at radius 3 is 2.52 bits per heavy atom. The highest BCUT2D eigenvalue weighted by Crippen LogP contribution is 2.22. The molecular weight excluding hydrogens is 286 g/mol. The van der Waals surface area contributed by atoms with Gasteiger partial charge in [-0.15, -0.1) is 0 Å². The van der Waals surface area contributed by atoms with Gasteiger partial charge in [-0.1, -0.05) is 30.3 Å². The molecule has 1 aromatic carbocycles. The van der Waals surface area contributed by atoms with Crippen LogP contribution in [0.15, 0.2) is 42.5 Å². The summed E-state index contributed by atoms with van der Waals surface area (Å²) in [7, 11) is 0. The van der Waals surface area contributed by atoms with Crippen molar-refractivity contribution in [2.45, 2.75) is 25.8 Å². The summed E-state index contributed by atoms with van der Waals surface area (Å²) < 4.78 is 0. The van der Waals surface area contributed by atoms with Crippen LogP contribution >= 0.6 is 0 Å². The smallest absolute Gasteiger partial charge is 0.272 e. The Morgan fingerprint density at radius 2 is 1.70 bits per heavy atom. The predicted molar refractivity (Wildman–Crippen MR) is 90.6 cm³/mol. The summed E-state index contributed by atoms with van der Waals surface area (Å²) in [5.74, 6) is 0.978. The van der Waals surface area contributed by atoms with E-state index in [1.54, 1.807) is 0 Å². The quantitative estimate of drug-likeness (QED) is 0.856. The van der Waals surface area contributed by atoms with Gasteiger partial charge in [0.1, 0.15) is 11.5 Å². The molecule has 4 heteroatoms. The second-order valence-corrected chi connectivity index (χ2v) is 6.32. The Hall–Kier alpha value is -2.36. The van der Waals surface area contributed by atoms with Crippen LogP contribution in [0.5, 0.6) is 0 Å². The topological polar surface area (TPSA) is 36.4 Å². The first-order chi connectivity index (χ1) is 11.3. The summed E-state index contributed by atoms with van der Waals surface area (Å²) in [4.78, 5) is 21.6. The second-order valence-electron chi connectivity index (χ2n) is 6.32. The Bertz CT molecular complexity index is 722. The van der Waals surface area contributed by atoms with Gasteiger partial charge in [-0.25, -0.2) is 4.98 Å². The van der Waals surface area contributed by atoms with Crippen molar-refractivity contribution in [1.82, 2.24) is 9.88 Å². The Kier molecular flexibility index (Phi) is 3.74. The molecule has 1 aromatic heterocycles. The standard InChI is InChI=1S/C19H21N3O/c23-19(22-13-10-15-6-1-2-7-16(15)14-22)17-8-5-9-18(20-17)21-11-3-4-12-21/h1-2,5-9H,3-4,10-14H2. The van der Waals surface area contributed by atoms with E-state index in [9.17, 15) is 4.79 Å². The molecule has 2 aliphatic heterocycles. The van der Waals surface area contributed by atoms with Crippen LogP contribution in [0.1, 0.15) is 34.5 Å². The van der Waals surface area contributed by atoms with E-state index in [0.29, 0.717) is 12.2 Å². The molecule has 23 heavy (non-hydrogen) atoms. The average molecular weight is 307 g/mol. The van der Waals surface area contributed by atoms with E-state index in [0.717, 1.165) is 31.9 Å². The minimum Gasteiger partial charge on any atom is -0.357 e. The molecule has 0 spiro atoms. The second kappa shape index (κ2) is 6.03. The summed E-state index contributed by atoms with van der Waals surface area (Å²) >= 11 is 0. The van der Waals surface area contributed by atoms with E-state index < -0.39 is 0 Å². The lowest BCUT2D eigenvalue weighted by Crippen LogP contribution is -2.36. The van der Waals surface area contributed by atoms with Crippen molar-refractivity contribution in [1.29, 1.82) is 0 Å². The SMILES string of the molecule is O=C(c1cccc(N2CCCC2)n1)N1CCc2ccccc2C1. The first-order valence-electron chi connectivity index (χ1n) is 8.39. The monoisotopic (exact) mass is 307 g/mol. The molecular formula is C19H21N3O. The van der Waals surface area contributed by atoms with Crippen LogP contribution in [0.2, 0.25) is 0 Å². The number of nitrogens with zero attached hydrogens (tertiary/aromatic N) is 3. The third kappa shape index (κ3) is 2.81. The fourth-order valence-corrected chi connectivity index (χ4v) is 3.50. The van der Waals surface area contributed by atoms with Crippen molar-refractivity contribution in [3.05, 3.63) is 59.3 Å². The highest BCUT2D eigenvalue weighted by atomic mass is 16.2. The number of anilines is 1. The van der Waals surface area contributed by atoms with Crippen LogP contribution in [-0.4, -0.2) is 35.4 Å². The van der Waals surface area contributed by atoms with Crippen LogP contribution in [-0.2, 0) is 13.0 Å². The Balaban J connectivity index is 1.54. The van der Waals surface area contributed by atoms with Gasteiger partial charge in [-0.3, -0.25) is 4.79 Å². The van der Waals surface area contributed by atoms with Crippen LogP contribution in [0.3, 0.4) is 0 Å². The number of hydrogen-bond donors (Lipinski definition) is 0. The number of pyridine rings is 1. The fraction of sp³-hybridized carbons (Fsp3) is 0.368. The van der Waals surface area contributed by atoms with Crippen molar-refractivity contribution in [3.8, 4) is 0 Å². The molecule has 2 aliphatic rings. The third-order valence-electron chi connectivity index (χ3n) is 4.80. The predicted octanol–water partition coefficient (Wildman–Crippen LogP) is 2.88. The van der Waals surface area contributed by atoms with E-state index in [2.05, 4.69) is 28.1 Å². The molecule has 2 aromatic rings. The summed E-state index contributed by atoms with van der Waals surface area (Å²) in [6.07, 6.45) is 3.35. The zero-order valence-corrected chi connectivity index (χ0v) is 13.2. The van der Waals surface area contributed by atoms with Gasteiger partial charge in [0.15, 0.2) is 0 Å². The van der Waals surface area contributed by atoms with Gasteiger partial charge in [0, 0.05) is 26.2 Å². The molecule has 118 valence electrons. The molecule has 0 radical (unpaired) electrons. The number of amides is 1. The maximum absolute atomic E-state index is 12.8. The van der Waals surface area contributed by atoms with Crippen molar-refractivity contribution in [2.24, 2.45) is 0 Å². The van der Waals surface area contributed by atoms with E-state index in [4.69, 9.17) is 0 Å². The number of fused-ring (bicyclic) bond motifs is 1. The average Bonchev–Trinajstić information content (AvgIpc) is 3.15. The summed E-state index contributed by atoms with van der Waals surface area (Å²) in [6, 6.07) is 14.2. The molecule has 1 amide bonds. The number of benzene rings is 1. The molecule has 1 saturated heterocycles. The maximum atomic E-state index is 12.8. The lowest BCUT2D eigenvalue weighted by molar-refractivity contribution is 0.0729. The normalized spacial score (nSPS) is 17.2. The lowest BCUT2D eigenvalue weighted by atomic mass is 10.00. The zero-order valence-electron chi connectivity index (χ0n) is 13.2. The zero-order chi connectivity index (χ0) is 15.6. The van der Waals surface area contributed by atoms with Gasteiger partial charge >= 0.3 is 0 Å².